The number of benzene rings is 1. The van der Waals surface area contributed by atoms with Crippen molar-refractivity contribution in [2.75, 3.05) is 6.61 Å². The van der Waals surface area contributed by atoms with Crippen LogP contribution in [0.4, 0.5) is 0 Å². The van der Waals surface area contributed by atoms with Crippen molar-refractivity contribution in [3.05, 3.63) is 34.3 Å². The second-order valence-corrected chi connectivity index (χ2v) is 13.1. The third-order valence-electron chi connectivity index (χ3n) is 4.45. The zero-order chi connectivity index (χ0) is 16.2. The third kappa shape index (κ3) is 4.41. The number of halogens is 1. The van der Waals surface area contributed by atoms with E-state index in [0.29, 0.717) is 23.2 Å². The Hall–Kier alpha value is -0.163. The minimum Gasteiger partial charge on any atom is -0.413 e. The van der Waals surface area contributed by atoms with Gasteiger partial charge in [-0.3, -0.25) is 0 Å². The second-order valence-electron chi connectivity index (χ2n) is 6.70. The van der Waals surface area contributed by atoms with Crippen LogP contribution in [0.5, 0.6) is 0 Å². The van der Waals surface area contributed by atoms with Gasteiger partial charge in [0.25, 0.3) is 0 Å². The first-order chi connectivity index (χ1) is 9.71. The summed E-state index contributed by atoms with van der Waals surface area (Å²) in [6, 6.07) is 7.80. The Bertz CT molecular complexity index is 407. The lowest BCUT2D eigenvalue weighted by Gasteiger charge is -2.42. The van der Waals surface area contributed by atoms with E-state index in [2.05, 4.69) is 57.5 Å². The quantitative estimate of drug-likeness (QED) is 0.624. The molecule has 0 fully saturated rings. The molecule has 0 radical (unpaired) electrons. The van der Waals surface area contributed by atoms with E-state index in [1.54, 1.807) is 0 Å². The lowest BCUT2D eigenvalue weighted by Crippen LogP contribution is -2.48. The lowest BCUT2D eigenvalue weighted by atomic mass is 10.1. The largest absolute Gasteiger partial charge is 0.413 e. The van der Waals surface area contributed by atoms with E-state index in [-0.39, 0.29) is 0 Å². The Balaban J connectivity index is 2.84. The van der Waals surface area contributed by atoms with Crippen LogP contribution in [0.1, 0.15) is 53.2 Å². The molecule has 1 N–H and O–H groups in total. The zero-order valence-corrected chi connectivity index (χ0v) is 16.6. The molecule has 1 atom stereocenters. The highest BCUT2D eigenvalue weighted by atomic mass is 79.9. The molecule has 0 saturated carbocycles. The lowest BCUT2D eigenvalue weighted by molar-refractivity contribution is 0.0978. The van der Waals surface area contributed by atoms with Crippen molar-refractivity contribution in [2.45, 2.75) is 64.3 Å². The van der Waals surface area contributed by atoms with Gasteiger partial charge in [0.15, 0.2) is 8.32 Å². The van der Waals surface area contributed by atoms with Gasteiger partial charge in [0.05, 0.1) is 6.61 Å². The molecule has 1 aromatic rings. The monoisotopic (exact) mass is 372 g/mol. The SMILES string of the molecule is CC(C)[Si](OC[C@@H](O)c1ccc(Br)cc1)(C(C)C)C(C)C. The van der Waals surface area contributed by atoms with Crippen LogP contribution in [0.15, 0.2) is 28.7 Å². The van der Waals surface area contributed by atoms with Crippen LogP contribution in [0.25, 0.3) is 0 Å². The van der Waals surface area contributed by atoms with Gasteiger partial charge >= 0.3 is 0 Å². The summed E-state index contributed by atoms with van der Waals surface area (Å²) in [6.45, 7) is 14.0. The number of aliphatic hydroxyl groups is 1. The van der Waals surface area contributed by atoms with Crippen molar-refractivity contribution in [3.8, 4) is 0 Å². The molecule has 0 unspecified atom stereocenters. The minimum atomic E-state index is -1.90. The molecule has 0 aromatic heterocycles. The predicted molar refractivity (Wildman–Crippen MR) is 96.1 cm³/mol. The summed E-state index contributed by atoms with van der Waals surface area (Å²) in [5, 5.41) is 10.4. The molecule has 120 valence electrons. The van der Waals surface area contributed by atoms with Gasteiger partial charge in [0.2, 0.25) is 0 Å². The van der Waals surface area contributed by atoms with Gasteiger partial charge in [0.1, 0.15) is 6.10 Å². The van der Waals surface area contributed by atoms with Crippen LogP contribution in [0.2, 0.25) is 16.6 Å². The minimum absolute atomic E-state index is 0.391. The highest BCUT2D eigenvalue weighted by molar-refractivity contribution is 9.10. The summed E-state index contributed by atoms with van der Waals surface area (Å²) in [6.07, 6.45) is -0.554. The van der Waals surface area contributed by atoms with E-state index in [4.69, 9.17) is 4.43 Å². The summed E-state index contributed by atoms with van der Waals surface area (Å²) in [5.41, 5.74) is 2.52. The maximum absolute atomic E-state index is 10.4. The van der Waals surface area contributed by atoms with Gasteiger partial charge < -0.3 is 9.53 Å². The summed E-state index contributed by atoms with van der Waals surface area (Å²) >= 11 is 3.42. The first-order valence-corrected chi connectivity index (χ1v) is 10.7. The van der Waals surface area contributed by atoms with E-state index in [1.165, 1.54) is 0 Å². The Kier molecular flexibility index (Phi) is 7.11. The van der Waals surface area contributed by atoms with Crippen molar-refractivity contribution in [1.82, 2.24) is 0 Å². The van der Waals surface area contributed by atoms with Crippen LogP contribution in [-0.2, 0) is 4.43 Å². The fraction of sp³-hybridized carbons (Fsp3) is 0.647. The number of hydrogen-bond acceptors (Lipinski definition) is 2. The molecule has 21 heavy (non-hydrogen) atoms. The second kappa shape index (κ2) is 7.91. The molecular formula is C17H29BrO2Si. The van der Waals surface area contributed by atoms with Gasteiger partial charge in [-0.15, -0.1) is 0 Å². The van der Waals surface area contributed by atoms with Crippen LogP contribution >= 0.6 is 15.9 Å². The van der Waals surface area contributed by atoms with Crippen LogP contribution < -0.4 is 0 Å². The number of rotatable bonds is 7. The summed E-state index contributed by atoms with van der Waals surface area (Å²) in [4.78, 5) is 0. The van der Waals surface area contributed by atoms with E-state index < -0.39 is 14.4 Å². The molecule has 0 aliphatic rings. The molecule has 0 amide bonds. The summed E-state index contributed by atoms with van der Waals surface area (Å²) < 4.78 is 7.46. The van der Waals surface area contributed by atoms with E-state index >= 15 is 0 Å². The fourth-order valence-corrected chi connectivity index (χ4v) is 9.22. The average Bonchev–Trinajstić information content (AvgIpc) is 2.38. The molecule has 0 heterocycles. The van der Waals surface area contributed by atoms with Crippen LogP contribution in [0, 0.1) is 0 Å². The van der Waals surface area contributed by atoms with Crippen molar-refractivity contribution >= 4 is 24.2 Å². The summed E-state index contributed by atoms with van der Waals surface area (Å²) in [5.74, 6) is 0. The number of aliphatic hydroxyl groups excluding tert-OH is 1. The normalized spacial score (nSPS) is 14.2. The Morgan fingerprint density at radius 2 is 1.38 bits per heavy atom. The molecule has 0 aliphatic carbocycles. The van der Waals surface area contributed by atoms with Gasteiger partial charge in [0, 0.05) is 4.47 Å². The van der Waals surface area contributed by atoms with Crippen molar-refractivity contribution in [2.24, 2.45) is 0 Å². The molecule has 2 nitrogen and oxygen atoms in total. The maximum atomic E-state index is 10.4. The third-order valence-corrected chi connectivity index (χ3v) is 11.1. The average molecular weight is 373 g/mol. The number of hydrogen-bond donors (Lipinski definition) is 1. The Labute approximate surface area is 139 Å². The Morgan fingerprint density at radius 3 is 1.76 bits per heavy atom. The van der Waals surface area contributed by atoms with Crippen molar-refractivity contribution in [3.63, 3.8) is 0 Å². The zero-order valence-electron chi connectivity index (χ0n) is 14.1. The van der Waals surface area contributed by atoms with Crippen LogP contribution in [0.3, 0.4) is 0 Å². The highest BCUT2D eigenvalue weighted by Gasteiger charge is 2.45. The molecule has 4 heteroatoms. The van der Waals surface area contributed by atoms with Gasteiger partial charge in [-0.1, -0.05) is 69.6 Å². The molecule has 0 spiro atoms. The van der Waals surface area contributed by atoms with E-state index in [9.17, 15) is 5.11 Å². The van der Waals surface area contributed by atoms with E-state index in [1.807, 2.05) is 24.3 Å². The fourth-order valence-electron chi connectivity index (χ4n) is 3.50. The molecule has 0 aliphatic heterocycles. The maximum Gasteiger partial charge on any atom is 0.200 e. The summed E-state index contributed by atoms with van der Waals surface area (Å²) in [7, 11) is -1.90. The van der Waals surface area contributed by atoms with Gasteiger partial charge in [-0.25, -0.2) is 0 Å². The molecular weight excluding hydrogens is 344 g/mol. The first kappa shape index (κ1) is 18.9. The predicted octanol–water partition coefficient (Wildman–Crippen LogP) is 5.67. The highest BCUT2D eigenvalue weighted by Crippen LogP contribution is 2.42. The first-order valence-electron chi connectivity index (χ1n) is 7.79. The molecule has 1 rings (SSSR count). The van der Waals surface area contributed by atoms with Crippen LogP contribution in [-0.4, -0.2) is 20.0 Å². The molecule has 1 aromatic carbocycles. The van der Waals surface area contributed by atoms with E-state index in [0.717, 1.165) is 10.0 Å². The molecule has 0 saturated heterocycles. The van der Waals surface area contributed by atoms with Crippen molar-refractivity contribution < 1.29 is 9.53 Å². The van der Waals surface area contributed by atoms with Gasteiger partial charge in [-0.05, 0) is 34.3 Å². The van der Waals surface area contributed by atoms with Crippen molar-refractivity contribution in [1.29, 1.82) is 0 Å². The standard InChI is InChI=1S/C17H29BrO2Si/c1-12(2)21(13(3)4,14(5)6)20-11-17(19)15-7-9-16(18)10-8-15/h7-10,12-14,17,19H,11H2,1-6H3/t17-/m1/s1. The van der Waals surface area contributed by atoms with Gasteiger partial charge in [-0.2, -0.15) is 0 Å². The Morgan fingerprint density at radius 1 is 0.952 bits per heavy atom. The topological polar surface area (TPSA) is 29.5 Å². The smallest absolute Gasteiger partial charge is 0.200 e. The molecule has 0 bridgehead atoms.